The molecule has 2 rings (SSSR count). The van der Waals surface area contributed by atoms with Crippen LogP contribution >= 0.6 is 0 Å². The molecule has 0 saturated carbocycles. The molecule has 0 bridgehead atoms. The maximum atomic E-state index is 12.2. The standard InChI is InChI=1S/C18H28N4O2/c1-2-20-18(24)21-16-8-6-14(7-9-16)12-15(19)13-17(23)22-10-4-3-5-11-22/h6-9,15H,2-5,10-13,19H2,1H3,(H2,20,21,24)/t15-/m1/s1. The van der Waals surface area contributed by atoms with E-state index >= 15 is 0 Å². The predicted octanol–water partition coefficient (Wildman–Crippen LogP) is 2.10. The van der Waals surface area contributed by atoms with Crippen molar-refractivity contribution in [1.82, 2.24) is 10.2 Å². The van der Waals surface area contributed by atoms with Gasteiger partial charge in [-0.1, -0.05) is 12.1 Å². The Bertz CT molecular complexity index is 538. The van der Waals surface area contributed by atoms with Gasteiger partial charge in [-0.15, -0.1) is 0 Å². The molecule has 0 aromatic heterocycles. The van der Waals surface area contributed by atoms with E-state index in [4.69, 9.17) is 5.73 Å². The van der Waals surface area contributed by atoms with Crippen LogP contribution in [-0.2, 0) is 11.2 Å². The fourth-order valence-corrected chi connectivity index (χ4v) is 2.93. The number of hydrogen-bond acceptors (Lipinski definition) is 3. The molecule has 1 heterocycles. The van der Waals surface area contributed by atoms with Crippen molar-refractivity contribution in [3.63, 3.8) is 0 Å². The predicted molar refractivity (Wildman–Crippen MR) is 95.9 cm³/mol. The maximum Gasteiger partial charge on any atom is 0.319 e. The van der Waals surface area contributed by atoms with Crippen LogP contribution in [0.15, 0.2) is 24.3 Å². The second-order valence-corrected chi connectivity index (χ2v) is 6.29. The first-order valence-electron chi connectivity index (χ1n) is 8.75. The number of carbonyl (C=O) groups excluding carboxylic acids is 2. The molecule has 6 nitrogen and oxygen atoms in total. The summed E-state index contributed by atoms with van der Waals surface area (Å²) in [6.07, 6.45) is 4.45. The Kier molecular flexibility index (Phi) is 7.06. The molecule has 4 N–H and O–H groups in total. The number of benzene rings is 1. The topological polar surface area (TPSA) is 87.5 Å². The molecule has 1 atom stereocenters. The van der Waals surface area contributed by atoms with Crippen LogP contribution in [-0.4, -0.2) is 42.5 Å². The number of carbonyl (C=O) groups is 2. The van der Waals surface area contributed by atoms with E-state index in [1.165, 1.54) is 6.42 Å². The van der Waals surface area contributed by atoms with E-state index in [2.05, 4.69) is 10.6 Å². The van der Waals surface area contributed by atoms with E-state index in [1.54, 1.807) is 0 Å². The van der Waals surface area contributed by atoms with Crippen LogP contribution in [0.1, 0.15) is 38.2 Å². The number of nitrogens with two attached hydrogens (primary N) is 1. The van der Waals surface area contributed by atoms with E-state index in [0.29, 0.717) is 19.4 Å². The van der Waals surface area contributed by atoms with Gasteiger partial charge in [0.05, 0.1) is 0 Å². The summed E-state index contributed by atoms with van der Waals surface area (Å²) in [7, 11) is 0. The molecule has 0 aliphatic carbocycles. The number of piperidine rings is 1. The molecule has 132 valence electrons. The van der Waals surface area contributed by atoms with Gasteiger partial charge in [-0.05, 0) is 50.3 Å². The van der Waals surface area contributed by atoms with E-state index in [-0.39, 0.29) is 18.0 Å². The number of urea groups is 1. The molecule has 1 aliphatic heterocycles. The minimum Gasteiger partial charge on any atom is -0.343 e. The van der Waals surface area contributed by atoms with Crippen molar-refractivity contribution in [2.24, 2.45) is 5.73 Å². The summed E-state index contributed by atoms with van der Waals surface area (Å²) in [5.74, 6) is 0.164. The van der Waals surface area contributed by atoms with Gasteiger partial charge >= 0.3 is 6.03 Å². The molecule has 1 aromatic rings. The van der Waals surface area contributed by atoms with Gasteiger partial charge in [0.1, 0.15) is 0 Å². The number of likely N-dealkylation sites (tertiary alicyclic amines) is 1. The van der Waals surface area contributed by atoms with Crippen molar-refractivity contribution in [3.05, 3.63) is 29.8 Å². The summed E-state index contributed by atoms with van der Waals surface area (Å²) >= 11 is 0. The highest BCUT2D eigenvalue weighted by Gasteiger charge is 2.19. The van der Waals surface area contributed by atoms with Gasteiger partial charge in [0.15, 0.2) is 0 Å². The number of nitrogens with one attached hydrogen (secondary N) is 2. The maximum absolute atomic E-state index is 12.2. The summed E-state index contributed by atoms with van der Waals surface area (Å²) in [5, 5.41) is 5.44. The van der Waals surface area contributed by atoms with Gasteiger partial charge in [0, 0.05) is 37.8 Å². The lowest BCUT2D eigenvalue weighted by Crippen LogP contribution is -2.39. The monoisotopic (exact) mass is 332 g/mol. The van der Waals surface area contributed by atoms with E-state index in [9.17, 15) is 9.59 Å². The first-order chi connectivity index (χ1) is 11.6. The smallest absolute Gasteiger partial charge is 0.319 e. The lowest BCUT2D eigenvalue weighted by atomic mass is 10.0. The van der Waals surface area contributed by atoms with Crippen molar-refractivity contribution in [2.75, 3.05) is 25.0 Å². The first-order valence-corrected chi connectivity index (χ1v) is 8.75. The van der Waals surface area contributed by atoms with Crippen molar-refractivity contribution >= 4 is 17.6 Å². The zero-order valence-corrected chi connectivity index (χ0v) is 14.4. The number of rotatable bonds is 6. The van der Waals surface area contributed by atoms with Gasteiger partial charge in [-0.2, -0.15) is 0 Å². The Balaban J connectivity index is 1.79. The third-order valence-electron chi connectivity index (χ3n) is 4.19. The largest absolute Gasteiger partial charge is 0.343 e. The van der Waals surface area contributed by atoms with E-state index in [1.807, 2.05) is 36.1 Å². The van der Waals surface area contributed by atoms with E-state index in [0.717, 1.165) is 37.2 Å². The fraction of sp³-hybridized carbons (Fsp3) is 0.556. The SMILES string of the molecule is CCNC(=O)Nc1ccc(C[C@@H](N)CC(=O)N2CCCCC2)cc1. The summed E-state index contributed by atoms with van der Waals surface area (Å²) in [6, 6.07) is 7.18. The Hall–Kier alpha value is -2.08. The minimum atomic E-state index is -0.214. The van der Waals surface area contributed by atoms with Gasteiger partial charge in [0.25, 0.3) is 0 Å². The van der Waals surface area contributed by atoms with Crippen LogP contribution in [0.2, 0.25) is 0 Å². The second kappa shape index (κ2) is 9.27. The summed E-state index contributed by atoms with van der Waals surface area (Å²) in [4.78, 5) is 25.6. The normalized spacial score (nSPS) is 15.7. The number of nitrogens with zero attached hydrogens (tertiary/aromatic N) is 1. The van der Waals surface area contributed by atoms with Crippen LogP contribution in [0, 0.1) is 0 Å². The fourth-order valence-electron chi connectivity index (χ4n) is 2.93. The zero-order valence-electron chi connectivity index (χ0n) is 14.4. The molecular weight excluding hydrogens is 304 g/mol. The Morgan fingerprint density at radius 1 is 1.17 bits per heavy atom. The van der Waals surface area contributed by atoms with Crippen LogP contribution in [0.5, 0.6) is 0 Å². The highest BCUT2D eigenvalue weighted by atomic mass is 16.2. The molecule has 1 fully saturated rings. The molecule has 0 unspecified atom stereocenters. The highest BCUT2D eigenvalue weighted by molar-refractivity contribution is 5.89. The molecule has 3 amide bonds. The molecule has 0 radical (unpaired) electrons. The highest BCUT2D eigenvalue weighted by Crippen LogP contribution is 2.14. The van der Waals surface area contributed by atoms with Crippen LogP contribution in [0.25, 0.3) is 0 Å². The van der Waals surface area contributed by atoms with Gasteiger partial charge in [-0.3, -0.25) is 4.79 Å². The molecule has 24 heavy (non-hydrogen) atoms. The molecule has 6 heteroatoms. The Morgan fingerprint density at radius 2 is 1.83 bits per heavy atom. The average Bonchev–Trinajstić information content (AvgIpc) is 2.57. The zero-order chi connectivity index (χ0) is 17.4. The molecule has 1 aromatic carbocycles. The number of amides is 3. The van der Waals surface area contributed by atoms with E-state index < -0.39 is 0 Å². The van der Waals surface area contributed by atoms with Crippen molar-refractivity contribution in [1.29, 1.82) is 0 Å². The summed E-state index contributed by atoms with van der Waals surface area (Å²) in [6.45, 7) is 4.19. The van der Waals surface area contributed by atoms with Gasteiger partial charge in [-0.25, -0.2) is 4.79 Å². The van der Waals surface area contributed by atoms with Crippen LogP contribution in [0.3, 0.4) is 0 Å². The summed E-state index contributed by atoms with van der Waals surface area (Å²) in [5.41, 5.74) is 7.95. The van der Waals surface area contributed by atoms with Gasteiger partial charge < -0.3 is 21.3 Å². The van der Waals surface area contributed by atoms with Crippen LogP contribution < -0.4 is 16.4 Å². The first kappa shape index (κ1) is 18.3. The lowest BCUT2D eigenvalue weighted by molar-refractivity contribution is -0.132. The lowest BCUT2D eigenvalue weighted by Gasteiger charge is -2.27. The third-order valence-corrected chi connectivity index (χ3v) is 4.19. The Labute approximate surface area is 143 Å². The Morgan fingerprint density at radius 3 is 2.46 bits per heavy atom. The second-order valence-electron chi connectivity index (χ2n) is 6.29. The minimum absolute atomic E-state index is 0.164. The third kappa shape index (κ3) is 5.85. The number of hydrogen-bond donors (Lipinski definition) is 3. The van der Waals surface area contributed by atoms with Crippen molar-refractivity contribution < 1.29 is 9.59 Å². The molecule has 1 saturated heterocycles. The van der Waals surface area contributed by atoms with Crippen LogP contribution in [0.4, 0.5) is 10.5 Å². The average molecular weight is 332 g/mol. The van der Waals surface area contributed by atoms with Crippen molar-refractivity contribution in [2.45, 2.75) is 45.1 Å². The quantitative estimate of drug-likeness (QED) is 0.745. The molecule has 1 aliphatic rings. The van der Waals surface area contributed by atoms with Crippen molar-refractivity contribution in [3.8, 4) is 0 Å². The molecular formula is C18H28N4O2. The van der Waals surface area contributed by atoms with Gasteiger partial charge in [0.2, 0.25) is 5.91 Å². The number of anilines is 1. The molecule has 0 spiro atoms. The summed E-state index contributed by atoms with van der Waals surface area (Å²) < 4.78 is 0.